The number of morpholine rings is 1. The van der Waals surface area contributed by atoms with Gasteiger partial charge < -0.3 is 14.6 Å². The zero-order chi connectivity index (χ0) is 20.4. The van der Waals surface area contributed by atoms with Gasteiger partial charge in [-0.1, -0.05) is 18.2 Å². The molecule has 0 saturated carbocycles. The lowest BCUT2D eigenvalue weighted by atomic mass is 10.00. The van der Waals surface area contributed by atoms with Crippen LogP contribution >= 0.6 is 11.6 Å². The summed E-state index contributed by atoms with van der Waals surface area (Å²) in [6.45, 7) is 6.47. The Morgan fingerprint density at radius 1 is 1.28 bits per heavy atom. The highest BCUT2D eigenvalue weighted by atomic mass is 35.5. The number of amides is 1. The summed E-state index contributed by atoms with van der Waals surface area (Å²) in [4.78, 5) is 34.1. The molecule has 1 saturated heterocycles. The molecule has 148 valence electrons. The predicted molar refractivity (Wildman–Crippen MR) is 108 cm³/mol. The molecular formula is C20H19ClN6O2. The first-order valence-electron chi connectivity index (χ1n) is 9.11. The number of halogens is 1. The largest absolute Gasteiger partial charge is 0.370 e. The molecule has 4 rings (SSSR count). The topological polar surface area (TPSA) is 96.9 Å². The van der Waals surface area contributed by atoms with Crippen LogP contribution in [-0.2, 0) is 9.53 Å². The summed E-state index contributed by atoms with van der Waals surface area (Å²) < 4.78 is 5.97. The molecule has 8 nitrogen and oxygen atoms in total. The summed E-state index contributed by atoms with van der Waals surface area (Å²) in [7, 11) is 0. The molecular weight excluding hydrogens is 392 g/mol. The van der Waals surface area contributed by atoms with Gasteiger partial charge >= 0.3 is 0 Å². The number of aromatic amines is 1. The number of nitrogens with zero attached hydrogens (tertiary/aromatic N) is 5. The van der Waals surface area contributed by atoms with Crippen molar-refractivity contribution in [1.82, 2.24) is 29.8 Å². The molecule has 0 bridgehead atoms. The fraction of sp³-hybridized carbons (Fsp3) is 0.250. The lowest BCUT2D eigenvalue weighted by molar-refractivity contribution is -0.140. The standard InChI is InChI=1S/C20H19ClN6O2/c1-3-18(28)27-6-7-29-19(12(27)2)13-8-15(26-17(21)9-13)14-10-16(25-11-24-14)20-22-4-5-23-20/h3-5,8-12,19H,1,6-7H2,2H3,(H,22,23)/t12-,19+/m0/s1. The highest BCUT2D eigenvalue weighted by Crippen LogP contribution is 2.32. The molecule has 0 radical (unpaired) electrons. The van der Waals surface area contributed by atoms with Gasteiger partial charge in [-0.15, -0.1) is 0 Å². The minimum Gasteiger partial charge on any atom is -0.370 e. The van der Waals surface area contributed by atoms with Crippen molar-refractivity contribution in [2.24, 2.45) is 0 Å². The molecule has 0 aromatic carbocycles. The van der Waals surface area contributed by atoms with E-state index in [-0.39, 0.29) is 18.1 Å². The van der Waals surface area contributed by atoms with E-state index < -0.39 is 0 Å². The number of ether oxygens (including phenoxy) is 1. The maximum Gasteiger partial charge on any atom is 0.246 e. The zero-order valence-corrected chi connectivity index (χ0v) is 16.5. The Labute approximate surface area is 172 Å². The highest BCUT2D eigenvalue weighted by Gasteiger charge is 2.32. The molecule has 1 aliphatic rings. The fourth-order valence-corrected chi connectivity index (χ4v) is 3.65. The van der Waals surface area contributed by atoms with E-state index in [2.05, 4.69) is 31.5 Å². The van der Waals surface area contributed by atoms with Gasteiger partial charge in [0, 0.05) is 18.9 Å². The van der Waals surface area contributed by atoms with Crippen LogP contribution in [0.3, 0.4) is 0 Å². The Balaban J connectivity index is 1.69. The van der Waals surface area contributed by atoms with Crippen LogP contribution in [0.1, 0.15) is 18.6 Å². The number of rotatable bonds is 4. The van der Waals surface area contributed by atoms with Crippen LogP contribution in [-0.4, -0.2) is 54.9 Å². The van der Waals surface area contributed by atoms with Gasteiger partial charge in [0.15, 0.2) is 5.82 Å². The first-order valence-corrected chi connectivity index (χ1v) is 9.49. The number of nitrogens with one attached hydrogen (secondary N) is 1. The minimum absolute atomic E-state index is 0.120. The van der Waals surface area contributed by atoms with Crippen molar-refractivity contribution < 1.29 is 9.53 Å². The van der Waals surface area contributed by atoms with Crippen LogP contribution in [0.25, 0.3) is 22.9 Å². The molecule has 2 atom stereocenters. The van der Waals surface area contributed by atoms with Crippen LogP contribution in [0.15, 0.2) is 49.6 Å². The Morgan fingerprint density at radius 2 is 2.10 bits per heavy atom. The maximum absolute atomic E-state index is 12.1. The molecule has 3 aromatic heterocycles. The number of pyridine rings is 1. The lowest BCUT2D eigenvalue weighted by Gasteiger charge is -2.39. The maximum atomic E-state index is 12.1. The van der Waals surface area contributed by atoms with Crippen LogP contribution < -0.4 is 0 Å². The second-order valence-corrected chi connectivity index (χ2v) is 6.99. The van der Waals surface area contributed by atoms with Gasteiger partial charge in [-0.3, -0.25) is 4.79 Å². The highest BCUT2D eigenvalue weighted by molar-refractivity contribution is 6.29. The average Bonchev–Trinajstić information content (AvgIpc) is 3.28. The second kappa shape index (κ2) is 8.10. The Kier molecular flexibility index (Phi) is 5.37. The SMILES string of the molecule is C=CC(=O)N1CCO[C@@H](c2cc(Cl)nc(-c3cc(-c4ncc[nH]4)ncn3)c2)[C@@H]1C. The normalized spacial score (nSPS) is 19.2. The number of H-pyrrole nitrogens is 1. The van der Waals surface area contributed by atoms with Crippen molar-refractivity contribution in [2.75, 3.05) is 13.2 Å². The summed E-state index contributed by atoms with van der Waals surface area (Å²) >= 11 is 6.31. The predicted octanol–water partition coefficient (Wildman–Crippen LogP) is 3.06. The number of hydrogen-bond acceptors (Lipinski definition) is 6. The van der Waals surface area contributed by atoms with Crippen molar-refractivity contribution in [3.05, 3.63) is 60.3 Å². The number of aromatic nitrogens is 5. The van der Waals surface area contributed by atoms with Crippen molar-refractivity contribution in [1.29, 1.82) is 0 Å². The molecule has 1 amide bonds. The van der Waals surface area contributed by atoms with Crippen LogP contribution in [0, 0.1) is 0 Å². The smallest absolute Gasteiger partial charge is 0.246 e. The van der Waals surface area contributed by atoms with Gasteiger partial charge in [0.25, 0.3) is 0 Å². The second-order valence-electron chi connectivity index (χ2n) is 6.60. The number of hydrogen-bond donors (Lipinski definition) is 1. The molecule has 9 heteroatoms. The monoisotopic (exact) mass is 410 g/mol. The van der Waals surface area contributed by atoms with Crippen LogP contribution in [0.5, 0.6) is 0 Å². The summed E-state index contributed by atoms with van der Waals surface area (Å²) in [6, 6.07) is 5.25. The molecule has 4 heterocycles. The van der Waals surface area contributed by atoms with Crippen LogP contribution in [0.2, 0.25) is 5.15 Å². The lowest BCUT2D eigenvalue weighted by Crippen LogP contribution is -2.48. The molecule has 1 fully saturated rings. The third kappa shape index (κ3) is 3.90. The molecule has 0 aliphatic carbocycles. The Hall–Kier alpha value is -3.10. The van der Waals surface area contributed by atoms with Crippen LogP contribution in [0.4, 0.5) is 0 Å². The van der Waals surface area contributed by atoms with E-state index in [0.717, 1.165) is 5.56 Å². The van der Waals surface area contributed by atoms with E-state index >= 15 is 0 Å². The van der Waals surface area contributed by atoms with Gasteiger partial charge in [0.1, 0.15) is 23.3 Å². The van der Waals surface area contributed by atoms with Crippen molar-refractivity contribution in [3.63, 3.8) is 0 Å². The van der Waals surface area contributed by atoms with Gasteiger partial charge in [0.2, 0.25) is 5.91 Å². The summed E-state index contributed by atoms with van der Waals surface area (Å²) in [5.41, 5.74) is 2.67. The van der Waals surface area contributed by atoms with Gasteiger partial charge in [-0.25, -0.2) is 19.9 Å². The molecule has 29 heavy (non-hydrogen) atoms. The van der Waals surface area contributed by atoms with Gasteiger partial charge in [-0.05, 0) is 36.8 Å². The average molecular weight is 411 g/mol. The Morgan fingerprint density at radius 3 is 2.86 bits per heavy atom. The Bertz CT molecular complexity index is 1040. The van der Waals surface area contributed by atoms with E-state index in [1.54, 1.807) is 29.4 Å². The minimum atomic E-state index is -0.335. The van der Waals surface area contributed by atoms with Gasteiger partial charge in [-0.2, -0.15) is 0 Å². The number of carbonyl (C=O) groups is 1. The van der Waals surface area contributed by atoms with Crippen molar-refractivity contribution in [3.8, 4) is 22.9 Å². The van der Waals surface area contributed by atoms with E-state index in [1.807, 2.05) is 13.0 Å². The molecule has 0 unspecified atom stereocenters. The fourth-order valence-electron chi connectivity index (χ4n) is 3.43. The third-order valence-corrected chi connectivity index (χ3v) is 5.03. The first kappa shape index (κ1) is 19.2. The van der Waals surface area contributed by atoms with E-state index in [9.17, 15) is 4.79 Å². The molecule has 1 N–H and O–H groups in total. The molecule has 0 spiro atoms. The molecule has 1 aliphatic heterocycles. The number of carbonyl (C=O) groups excluding carboxylic acids is 1. The molecule has 3 aromatic rings. The first-order chi connectivity index (χ1) is 14.1. The van der Waals surface area contributed by atoms with Crippen molar-refractivity contribution >= 4 is 17.5 Å². The summed E-state index contributed by atoms with van der Waals surface area (Å²) in [5, 5.41) is 0.318. The quantitative estimate of drug-likeness (QED) is 0.524. The summed E-state index contributed by atoms with van der Waals surface area (Å²) in [5.74, 6) is 0.517. The number of imidazole rings is 1. The van der Waals surface area contributed by atoms with E-state index in [4.69, 9.17) is 16.3 Å². The van der Waals surface area contributed by atoms with E-state index in [1.165, 1.54) is 12.4 Å². The zero-order valence-electron chi connectivity index (χ0n) is 15.7. The van der Waals surface area contributed by atoms with Crippen molar-refractivity contribution in [2.45, 2.75) is 19.1 Å². The third-order valence-electron chi connectivity index (χ3n) is 4.83. The summed E-state index contributed by atoms with van der Waals surface area (Å²) in [6.07, 6.45) is 5.83. The van der Waals surface area contributed by atoms with E-state index in [0.29, 0.717) is 41.2 Å². The van der Waals surface area contributed by atoms with Gasteiger partial charge in [0.05, 0.1) is 24.0 Å².